The average Bonchev–Trinajstić information content (AvgIpc) is 3.16. The van der Waals surface area contributed by atoms with Crippen LogP contribution in [0.2, 0.25) is 5.02 Å². The van der Waals surface area contributed by atoms with Gasteiger partial charge in [-0.1, -0.05) is 35.5 Å². The van der Waals surface area contributed by atoms with Crippen molar-refractivity contribution >= 4 is 40.1 Å². The molecule has 0 aliphatic carbocycles. The smallest absolute Gasteiger partial charge is 0.356 e. The third-order valence-corrected chi connectivity index (χ3v) is 5.13. The molecule has 0 aliphatic rings. The van der Waals surface area contributed by atoms with Crippen LogP contribution in [0.15, 0.2) is 64.9 Å². The minimum atomic E-state index is -0.455. The number of pyridine rings is 2. The van der Waals surface area contributed by atoms with Crippen molar-refractivity contribution in [3.8, 4) is 11.3 Å². The first kappa shape index (κ1) is 17.5. The zero-order valence-electron chi connectivity index (χ0n) is 14.1. The molecule has 3 aromatic heterocycles. The largest absolute Gasteiger partial charge is 0.464 e. The molecule has 0 unspecified atom stereocenters. The molecule has 6 nitrogen and oxygen atoms in total. The van der Waals surface area contributed by atoms with E-state index >= 15 is 0 Å². The number of ether oxygens (including phenoxy) is 1. The number of H-pyrrole nitrogens is 1. The van der Waals surface area contributed by atoms with E-state index in [4.69, 9.17) is 16.3 Å². The van der Waals surface area contributed by atoms with Gasteiger partial charge >= 0.3 is 5.97 Å². The Morgan fingerprint density at radius 1 is 1.07 bits per heavy atom. The second kappa shape index (κ2) is 7.38. The van der Waals surface area contributed by atoms with Crippen molar-refractivity contribution < 1.29 is 9.53 Å². The van der Waals surface area contributed by atoms with Gasteiger partial charge in [-0.3, -0.25) is 5.10 Å². The Morgan fingerprint density at radius 2 is 1.96 bits per heavy atom. The molecule has 27 heavy (non-hydrogen) atoms. The minimum absolute atomic E-state index is 0.282. The van der Waals surface area contributed by atoms with Crippen LogP contribution in [0.1, 0.15) is 10.5 Å². The molecule has 134 valence electrons. The number of aromatic nitrogens is 4. The molecule has 4 aromatic rings. The van der Waals surface area contributed by atoms with Crippen LogP contribution in [-0.2, 0) is 4.74 Å². The van der Waals surface area contributed by atoms with E-state index in [1.54, 1.807) is 30.7 Å². The topological polar surface area (TPSA) is 80.8 Å². The number of halogens is 1. The number of nitrogens with zero attached hydrogens (tertiary/aromatic N) is 3. The van der Waals surface area contributed by atoms with Crippen LogP contribution in [0.25, 0.3) is 22.0 Å². The van der Waals surface area contributed by atoms with Crippen molar-refractivity contribution in [2.75, 3.05) is 7.11 Å². The molecular formula is C19H13ClN4O2S. The molecule has 1 aromatic carbocycles. The van der Waals surface area contributed by atoms with E-state index in [0.29, 0.717) is 5.02 Å². The van der Waals surface area contributed by atoms with E-state index in [2.05, 4.69) is 20.2 Å². The van der Waals surface area contributed by atoms with Crippen LogP contribution in [0.4, 0.5) is 0 Å². The van der Waals surface area contributed by atoms with Gasteiger partial charge in [0, 0.05) is 23.3 Å². The molecule has 0 amide bonds. The highest BCUT2D eigenvalue weighted by Gasteiger charge is 2.12. The molecule has 4 rings (SSSR count). The summed E-state index contributed by atoms with van der Waals surface area (Å²) in [5.74, 6) is -0.455. The normalized spacial score (nSPS) is 10.9. The zero-order valence-corrected chi connectivity index (χ0v) is 15.7. The van der Waals surface area contributed by atoms with Crippen molar-refractivity contribution in [3.63, 3.8) is 0 Å². The highest BCUT2D eigenvalue weighted by Crippen LogP contribution is 2.35. The van der Waals surface area contributed by atoms with Gasteiger partial charge in [0.25, 0.3) is 0 Å². The minimum Gasteiger partial charge on any atom is -0.464 e. The monoisotopic (exact) mass is 396 g/mol. The van der Waals surface area contributed by atoms with Gasteiger partial charge in [-0.25, -0.2) is 14.8 Å². The maximum atomic E-state index is 11.6. The van der Waals surface area contributed by atoms with Gasteiger partial charge in [0.15, 0.2) is 0 Å². The summed E-state index contributed by atoms with van der Waals surface area (Å²) in [4.78, 5) is 21.1. The maximum absolute atomic E-state index is 11.6. The van der Waals surface area contributed by atoms with Crippen LogP contribution in [0.3, 0.4) is 0 Å². The Balaban J connectivity index is 1.67. The van der Waals surface area contributed by atoms with Gasteiger partial charge in [0.1, 0.15) is 10.7 Å². The van der Waals surface area contributed by atoms with E-state index in [-0.39, 0.29) is 5.69 Å². The molecule has 0 atom stereocenters. The van der Waals surface area contributed by atoms with Gasteiger partial charge in [-0.2, -0.15) is 5.10 Å². The summed E-state index contributed by atoms with van der Waals surface area (Å²) in [6.45, 7) is 0. The molecule has 1 N–H and O–H groups in total. The van der Waals surface area contributed by atoms with Crippen molar-refractivity contribution in [1.82, 2.24) is 20.2 Å². The number of carbonyl (C=O) groups excluding carboxylic acids is 1. The lowest BCUT2D eigenvalue weighted by Gasteiger charge is -2.06. The number of rotatable bonds is 4. The van der Waals surface area contributed by atoms with Crippen LogP contribution >= 0.6 is 23.4 Å². The highest BCUT2D eigenvalue weighted by atomic mass is 35.5. The second-order valence-electron chi connectivity index (χ2n) is 5.65. The number of carbonyl (C=O) groups is 1. The fourth-order valence-corrected chi connectivity index (χ4v) is 3.56. The first-order valence-corrected chi connectivity index (χ1v) is 9.15. The van der Waals surface area contributed by atoms with Crippen LogP contribution in [0, 0.1) is 0 Å². The van der Waals surface area contributed by atoms with E-state index in [1.807, 2.05) is 24.3 Å². The Hall–Kier alpha value is -2.90. The second-order valence-corrected chi connectivity index (χ2v) is 7.15. The fourth-order valence-electron chi connectivity index (χ4n) is 2.61. The van der Waals surface area contributed by atoms with E-state index in [9.17, 15) is 4.79 Å². The Bertz CT molecular complexity index is 1130. The zero-order chi connectivity index (χ0) is 18.8. The molecule has 0 saturated carbocycles. The number of methoxy groups -OCH3 is 1. The number of benzene rings is 1. The lowest BCUT2D eigenvalue weighted by molar-refractivity contribution is 0.0594. The third kappa shape index (κ3) is 3.65. The van der Waals surface area contributed by atoms with Gasteiger partial charge in [-0.15, -0.1) is 0 Å². The lowest BCUT2D eigenvalue weighted by atomic mass is 10.1. The number of nitrogens with one attached hydrogen (secondary N) is 1. The average molecular weight is 397 g/mol. The summed E-state index contributed by atoms with van der Waals surface area (Å²) in [5.41, 5.74) is 2.13. The molecule has 0 radical (unpaired) electrons. The van der Waals surface area contributed by atoms with Crippen LogP contribution in [0.5, 0.6) is 0 Å². The number of aromatic amines is 1. The van der Waals surface area contributed by atoms with Crippen LogP contribution in [-0.4, -0.2) is 33.2 Å². The summed E-state index contributed by atoms with van der Waals surface area (Å²) in [6, 6.07) is 11.3. The van der Waals surface area contributed by atoms with E-state index in [0.717, 1.165) is 32.0 Å². The molecule has 0 bridgehead atoms. The quantitative estimate of drug-likeness (QED) is 0.507. The Kier molecular flexibility index (Phi) is 4.79. The molecule has 3 heterocycles. The summed E-state index contributed by atoms with van der Waals surface area (Å²) < 4.78 is 4.72. The standard InChI is InChI=1S/C19H13ClN4O2S/c1-26-19(25)15-7-11-2-3-12(6-13(11)8-21-15)18-16(10-23-24-18)27-17-5-4-14(20)9-22-17/h2-10H,1H3,(H,23,24). The summed E-state index contributed by atoms with van der Waals surface area (Å²) in [6.07, 6.45) is 5.04. The highest BCUT2D eigenvalue weighted by molar-refractivity contribution is 7.99. The lowest BCUT2D eigenvalue weighted by Crippen LogP contribution is -2.03. The van der Waals surface area contributed by atoms with Gasteiger partial charge in [0.05, 0.1) is 28.9 Å². The first-order valence-electron chi connectivity index (χ1n) is 7.95. The molecule has 0 spiro atoms. The Morgan fingerprint density at radius 3 is 2.74 bits per heavy atom. The van der Waals surface area contributed by atoms with Crippen LogP contribution < -0.4 is 0 Å². The fraction of sp³-hybridized carbons (Fsp3) is 0.0526. The Labute approximate surface area is 163 Å². The number of hydrogen-bond acceptors (Lipinski definition) is 6. The molecule has 0 saturated heterocycles. The maximum Gasteiger partial charge on any atom is 0.356 e. The molecule has 0 fully saturated rings. The summed E-state index contributed by atoms with van der Waals surface area (Å²) in [7, 11) is 1.34. The predicted molar refractivity (Wildman–Crippen MR) is 104 cm³/mol. The number of hydrogen-bond donors (Lipinski definition) is 1. The van der Waals surface area contributed by atoms with Crippen molar-refractivity contribution in [2.24, 2.45) is 0 Å². The molecule has 8 heteroatoms. The van der Waals surface area contributed by atoms with Gasteiger partial charge in [0.2, 0.25) is 0 Å². The van der Waals surface area contributed by atoms with Crippen molar-refractivity contribution in [3.05, 3.63) is 65.7 Å². The number of esters is 1. The summed E-state index contributed by atoms with van der Waals surface area (Å²) in [5, 5.41) is 10.4. The predicted octanol–water partition coefficient (Wildman–Crippen LogP) is 4.61. The third-order valence-electron chi connectivity index (χ3n) is 3.92. The molecular weight excluding hydrogens is 384 g/mol. The van der Waals surface area contributed by atoms with Crippen molar-refractivity contribution in [1.29, 1.82) is 0 Å². The van der Waals surface area contributed by atoms with Gasteiger partial charge < -0.3 is 4.74 Å². The van der Waals surface area contributed by atoms with Crippen molar-refractivity contribution in [2.45, 2.75) is 9.92 Å². The van der Waals surface area contributed by atoms with Gasteiger partial charge in [-0.05, 0) is 29.7 Å². The van der Waals surface area contributed by atoms with E-state index in [1.165, 1.54) is 18.9 Å². The first-order chi connectivity index (χ1) is 13.1. The number of fused-ring (bicyclic) bond motifs is 1. The summed E-state index contributed by atoms with van der Waals surface area (Å²) >= 11 is 7.39. The van der Waals surface area contributed by atoms with E-state index < -0.39 is 5.97 Å². The molecule has 0 aliphatic heterocycles. The SMILES string of the molecule is COC(=O)c1cc2ccc(-c3[nH]ncc3Sc3ccc(Cl)cn3)cc2cn1.